The van der Waals surface area contributed by atoms with Crippen molar-refractivity contribution in [2.45, 2.75) is 31.8 Å². The SMILES string of the molecule is OCCn1nccc1C1CCN(Cc2ccc(Cl)cn2)CC1. The zero-order valence-corrected chi connectivity index (χ0v) is 13.3. The van der Waals surface area contributed by atoms with Crippen LogP contribution in [0.5, 0.6) is 0 Å². The second-order valence-electron chi connectivity index (χ2n) is 5.72. The maximum atomic E-state index is 9.10. The van der Waals surface area contributed by atoms with E-state index in [9.17, 15) is 0 Å². The van der Waals surface area contributed by atoms with Crippen LogP contribution in [-0.2, 0) is 13.1 Å². The van der Waals surface area contributed by atoms with Gasteiger partial charge in [-0.1, -0.05) is 11.6 Å². The molecule has 5 nitrogen and oxygen atoms in total. The van der Waals surface area contributed by atoms with Crippen molar-refractivity contribution in [1.82, 2.24) is 19.7 Å². The molecule has 0 amide bonds. The highest BCUT2D eigenvalue weighted by molar-refractivity contribution is 6.30. The lowest BCUT2D eigenvalue weighted by molar-refractivity contribution is 0.197. The third-order valence-electron chi connectivity index (χ3n) is 4.24. The smallest absolute Gasteiger partial charge is 0.0644 e. The highest BCUT2D eigenvalue weighted by atomic mass is 35.5. The van der Waals surface area contributed by atoms with E-state index in [1.54, 1.807) is 6.20 Å². The molecule has 0 bridgehead atoms. The van der Waals surface area contributed by atoms with Gasteiger partial charge in [0.1, 0.15) is 0 Å². The van der Waals surface area contributed by atoms with Crippen molar-refractivity contribution in [2.75, 3.05) is 19.7 Å². The fourth-order valence-corrected chi connectivity index (χ4v) is 3.20. The van der Waals surface area contributed by atoms with Crippen molar-refractivity contribution in [3.05, 3.63) is 47.0 Å². The Bertz CT molecular complexity index is 590. The van der Waals surface area contributed by atoms with Crippen molar-refractivity contribution in [3.63, 3.8) is 0 Å². The Labute approximate surface area is 135 Å². The molecule has 6 heteroatoms. The third kappa shape index (κ3) is 3.66. The molecular weight excluding hydrogens is 300 g/mol. The van der Waals surface area contributed by atoms with E-state index in [2.05, 4.69) is 21.0 Å². The molecule has 0 spiro atoms. The van der Waals surface area contributed by atoms with Gasteiger partial charge in [-0.15, -0.1) is 0 Å². The number of likely N-dealkylation sites (tertiary alicyclic amines) is 1. The molecule has 2 aromatic rings. The summed E-state index contributed by atoms with van der Waals surface area (Å²) in [4.78, 5) is 6.79. The van der Waals surface area contributed by atoms with Gasteiger partial charge in [0.25, 0.3) is 0 Å². The molecule has 22 heavy (non-hydrogen) atoms. The lowest BCUT2D eigenvalue weighted by atomic mass is 9.93. The van der Waals surface area contributed by atoms with Crippen LogP contribution in [0, 0.1) is 0 Å². The summed E-state index contributed by atoms with van der Waals surface area (Å²) in [5.74, 6) is 0.531. The molecule has 3 rings (SSSR count). The van der Waals surface area contributed by atoms with Crippen molar-refractivity contribution >= 4 is 11.6 Å². The standard InChI is InChI=1S/C16H21ClN4O/c17-14-1-2-15(18-11-14)12-20-7-4-13(5-8-20)16-3-6-19-21(16)9-10-22/h1-3,6,11,13,22H,4-5,7-10,12H2. The van der Waals surface area contributed by atoms with Gasteiger partial charge in [-0.25, -0.2) is 0 Å². The molecule has 1 saturated heterocycles. The summed E-state index contributed by atoms with van der Waals surface area (Å²) < 4.78 is 1.93. The number of aromatic nitrogens is 3. The minimum Gasteiger partial charge on any atom is -0.394 e. The van der Waals surface area contributed by atoms with Crippen LogP contribution in [0.2, 0.25) is 5.02 Å². The Kier molecular flexibility index (Phi) is 5.08. The summed E-state index contributed by atoms with van der Waals surface area (Å²) in [6, 6.07) is 5.96. The molecule has 0 unspecified atom stereocenters. The van der Waals surface area contributed by atoms with Crippen molar-refractivity contribution < 1.29 is 5.11 Å². The summed E-state index contributed by atoms with van der Waals surface area (Å²) in [6.45, 7) is 3.70. The molecule has 1 aliphatic heterocycles. The first kappa shape index (κ1) is 15.5. The van der Waals surface area contributed by atoms with Gasteiger partial charge in [-0.05, 0) is 44.1 Å². The van der Waals surface area contributed by atoms with E-state index in [1.807, 2.05) is 23.0 Å². The number of piperidine rings is 1. The average molecular weight is 321 g/mol. The van der Waals surface area contributed by atoms with Gasteiger partial charge in [0, 0.05) is 30.6 Å². The monoisotopic (exact) mass is 320 g/mol. The number of rotatable bonds is 5. The van der Waals surface area contributed by atoms with Crippen LogP contribution in [0.25, 0.3) is 0 Å². The number of aliphatic hydroxyl groups excluding tert-OH is 1. The second kappa shape index (κ2) is 7.22. The molecule has 1 N–H and O–H groups in total. The summed E-state index contributed by atoms with van der Waals surface area (Å²) in [6.07, 6.45) is 5.77. The first-order valence-electron chi connectivity index (χ1n) is 7.71. The Morgan fingerprint density at radius 2 is 2.05 bits per heavy atom. The van der Waals surface area contributed by atoms with E-state index in [0.29, 0.717) is 17.5 Å². The molecule has 3 heterocycles. The van der Waals surface area contributed by atoms with E-state index < -0.39 is 0 Å². The van der Waals surface area contributed by atoms with Gasteiger partial charge in [-0.2, -0.15) is 5.10 Å². The highest BCUT2D eigenvalue weighted by Gasteiger charge is 2.23. The summed E-state index contributed by atoms with van der Waals surface area (Å²) in [7, 11) is 0. The van der Waals surface area contributed by atoms with E-state index in [4.69, 9.17) is 16.7 Å². The fourth-order valence-electron chi connectivity index (χ4n) is 3.09. The summed E-state index contributed by atoms with van der Waals surface area (Å²) >= 11 is 5.87. The van der Waals surface area contributed by atoms with E-state index in [0.717, 1.165) is 38.2 Å². The first-order chi connectivity index (χ1) is 10.8. The Hall–Kier alpha value is -1.43. The van der Waals surface area contributed by atoms with Crippen LogP contribution in [0.3, 0.4) is 0 Å². The quantitative estimate of drug-likeness (QED) is 0.918. The largest absolute Gasteiger partial charge is 0.394 e. The highest BCUT2D eigenvalue weighted by Crippen LogP contribution is 2.28. The number of hydrogen-bond donors (Lipinski definition) is 1. The number of aliphatic hydroxyl groups is 1. The van der Waals surface area contributed by atoms with Gasteiger partial charge in [0.2, 0.25) is 0 Å². The normalized spacial score (nSPS) is 17.0. The molecule has 118 valence electrons. The van der Waals surface area contributed by atoms with Crippen molar-refractivity contribution in [2.24, 2.45) is 0 Å². The van der Waals surface area contributed by atoms with Crippen LogP contribution >= 0.6 is 11.6 Å². The fraction of sp³-hybridized carbons (Fsp3) is 0.500. The zero-order chi connectivity index (χ0) is 15.4. The molecule has 0 radical (unpaired) electrons. The van der Waals surface area contributed by atoms with E-state index in [-0.39, 0.29) is 6.61 Å². The maximum Gasteiger partial charge on any atom is 0.0644 e. The minimum atomic E-state index is 0.135. The van der Waals surface area contributed by atoms with E-state index in [1.165, 1.54) is 5.69 Å². The van der Waals surface area contributed by atoms with Gasteiger partial charge in [-0.3, -0.25) is 14.6 Å². The van der Waals surface area contributed by atoms with E-state index >= 15 is 0 Å². The number of pyridine rings is 1. The molecule has 0 aromatic carbocycles. The molecular formula is C16H21ClN4O. The Morgan fingerprint density at radius 1 is 1.23 bits per heavy atom. The lowest BCUT2D eigenvalue weighted by Gasteiger charge is -2.31. The molecule has 0 saturated carbocycles. The van der Waals surface area contributed by atoms with Crippen LogP contribution in [0.1, 0.15) is 30.1 Å². The number of nitrogens with zero attached hydrogens (tertiary/aromatic N) is 4. The lowest BCUT2D eigenvalue weighted by Crippen LogP contribution is -2.33. The summed E-state index contributed by atoms with van der Waals surface area (Å²) in [5, 5.41) is 14.1. The van der Waals surface area contributed by atoms with Crippen molar-refractivity contribution in [3.8, 4) is 0 Å². The first-order valence-corrected chi connectivity index (χ1v) is 8.09. The van der Waals surface area contributed by atoms with Gasteiger partial charge >= 0.3 is 0 Å². The predicted octanol–water partition coefficient (Wildman–Crippen LogP) is 2.30. The maximum absolute atomic E-state index is 9.10. The Morgan fingerprint density at radius 3 is 2.73 bits per heavy atom. The van der Waals surface area contributed by atoms with Crippen LogP contribution in [-0.4, -0.2) is 44.5 Å². The Balaban J connectivity index is 1.56. The van der Waals surface area contributed by atoms with Crippen LogP contribution in [0.15, 0.2) is 30.6 Å². The molecule has 1 aliphatic rings. The minimum absolute atomic E-state index is 0.135. The van der Waals surface area contributed by atoms with Gasteiger partial charge in [0.15, 0.2) is 0 Å². The number of hydrogen-bond acceptors (Lipinski definition) is 4. The average Bonchev–Trinajstić information content (AvgIpc) is 2.99. The van der Waals surface area contributed by atoms with Crippen LogP contribution in [0.4, 0.5) is 0 Å². The molecule has 0 atom stereocenters. The second-order valence-corrected chi connectivity index (χ2v) is 6.16. The molecule has 1 fully saturated rings. The third-order valence-corrected chi connectivity index (χ3v) is 4.46. The van der Waals surface area contributed by atoms with Gasteiger partial charge in [0.05, 0.1) is 23.9 Å². The molecule has 2 aromatic heterocycles. The van der Waals surface area contributed by atoms with Gasteiger partial charge < -0.3 is 5.11 Å². The summed E-state index contributed by atoms with van der Waals surface area (Å²) in [5.41, 5.74) is 2.31. The number of halogens is 1. The van der Waals surface area contributed by atoms with Crippen molar-refractivity contribution in [1.29, 1.82) is 0 Å². The topological polar surface area (TPSA) is 54.2 Å². The van der Waals surface area contributed by atoms with Crippen LogP contribution < -0.4 is 0 Å². The predicted molar refractivity (Wildman–Crippen MR) is 85.8 cm³/mol. The molecule has 0 aliphatic carbocycles. The zero-order valence-electron chi connectivity index (χ0n) is 12.5.